The van der Waals surface area contributed by atoms with Crippen LogP contribution in [0.25, 0.3) is 5.32 Å². The Balaban J connectivity index is 0.000000570. The number of halogens is 1. The van der Waals surface area contributed by atoms with Crippen LogP contribution < -0.4 is 0 Å². The molecule has 0 saturated carbocycles. The average Bonchev–Trinajstić information content (AvgIpc) is 2.47. The smallest absolute Gasteiger partial charge is 0.155 e. The standard InChI is InChI=1S/C13H17FN2.C5H8O2.Ir/c1-16(2)12-7-8-15-13(9-12)10-3-5-11(14)6-4-10;1-4(6)3-5(2)7;/h3,5-6,12-13H,7-9H2,1-2H3;3,6H,1-2H3;/q-2;;/b;4-3-;. The Morgan fingerprint density at radius 2 is 2.08 bits per heavy atom. The second kappa shape index (κ2) is 11.5. The fourth-order valence-corrected chi connectivity index (χ4v) is 2.44. The van der Waals surface area contributed by atoms with E-state index in [0.717, 1.165) is 24.9 Å². The molecule has 2 atom stereocenters. The van der Waals surface area contributed by atoms with E-state index in [1.807, 2.05) is 0 Å². The van der Waals surface area contributed by atoms with Gasteiger partial charge in [-0.15, -0.1) is 24.7 Å². The van der Waals surface area contributed by atoms with Crippen molar-refractivity contribution in [2.24, 2.45) is 0 Å². The number of rotatable bonds is 3. The molecule has 1 aliphatic rings. The van der Waals surface area contributed by atoms with Gasteiger partial charge in [0.15, 0.2) is 5.78 Å². The van der Waals surface area contributed by atoms with Gasteiger partial charge in [0, 0.05) is 38.0 Å². The maximum Gasteiger partial charge on any atom is 0.155 e. The molecule has 1 fully saturated rings. The number of aliphatic hydroxyl groups is 1. The van der Waals surface area contributed by atoms with Crippen LogP contribution in [-0.2, 0) is 24.9 Å². The molecule has 2 unspecified atom stereocenters. The molecular weight excluding hydrogens is 487 g/mol. The topological polar surface area (TPSA) is 54.6 Å². The molecular formula is C18H25FIrN2O2-2. The molecule has 1 aliphatic heterocycles. The van der Waals surface area contributed by atoms with Crippen LogP contribution in [0, 0.1) is 11.9 Å². The normalized spacial score (nSPS) is 20.7. The molecule has 6 heteroatoms. The van der Waals surface area contributed by atoms with Crippen molar-refractivity contribution in [3.05, 3.63) is 52.8 Å². The number of ketones is 1. The Kier molecular flexibility index (Phi) is 11.0. The van der Waals surface area contributed by atoms with E-state index in [-0.39, 0.29) is 43.5 Å². The molecule has 4 nitrogen and oxygen atoms in total. The Morgan fingerprint density at radius 3 is 2.50 bits per heavy atom. The number of allylic oxidation sites excluding steroid dienone is 2. The van der Waals surface area contributed by atoms with Crippen molar-refractivity contribution in [2.45, 2.75) is 38.8 Å². The van der Waals surface area contributed by atoms with Gasteiger partial charge in [0.05, 0.1) is 5.76 Å². The number of aliphatic hydroxyl groups excluding tert-OH is 1. The van der Waals surface area contributed by atoms with Crippen LogP contribution in [0.15, 0.2) is 30.0 Å². The summed E-state index contributed by atoms with van der Waals surface area (Å²) in [7, 11) is 4.20. The Hall–Kier alpha value is -1.07. The minimum Gasteiger partial charge on any atom is -0.657 e. The Morgan fingerprint density at radius 1 is 1.42 bits per heavy atom. The maximum absolute atomic E-state index is 12.8. The molecule has 1 saturated heterocycles. The van der Waals surface area contributed by atoms with Gasteiger partial charge in [0.2, 0.25) is 0 Å². The quantitative estimate of drug-likeness (QED) is 0.381. The molecule has 0 aliphatic carbocycles. The van der Waals surface area contributed by atoms with Crippen LogP contribution >= 0.6 is 0 Å². The molecule has 1 N–H and O–H groups in total. The number of benzene rings is 1. The molecule has 1 aromatic rings. The Labute approximate surface area is 157 Å². The van der Waals surface area contributed by atoms with E-state index >= 15 is 0 Å². The van der Waals surface area contributed by atoms with E-state index in [2.05, 4.69) is 30.4 Å². The van der Waals surface area contributed by atoms with Crippen LogP contribution in [-0.4, -0.2) is 42.5 Å². The molecule has 0 bridgehead atoms. The van der Waals surface area contributed by atoms with Gasteiger partial charge in [0.1, 0.15) is 0 Å². The third-order valence-electron chi connectivity index (χ3n) is 3.61. The fourth-order valence-electron chi connectivity index (χ4n) is 2.44. The van der Waals surface area contributed by atoms with Crippen LogP contribution in [0.4, 0.5) is 4.39 Å². The predicted molar refractivity (Wildman–Crippen MR) is 90.0 cm³/mol. The minimum atomic E-state index is -0.233. The molecule has 0 spiro atoms. The van der Waals surface area contributed by atoms with Crippen LogP contribution in [0.3, 0.4) is 0 Å². The van der Waals surface area contributed by atoms with Crippen LogP contribution in [0.1, 0.15) is 38.3 Å². The molecule has 1 heterocycles. The number of carbonyl (C=O) groups is 1. The van der Waals surface area contributed by atoms with E-state index in [1.54, 1.807) is 6.07 Å². The third kappa shape index (κ3) is 8.69. The molecule has 0 amide bonds. The van der Waals surface area contributed by atoms with E-state index in [0.29, 0.717) is 6.04 Å². The van der Waals surface area contributed by atoms with Gasteiger partial charge < -0.3 is 15.3 Å². The monoisotopic (exact) mass is 513 g/mol. The van der Waals surface area contributed by atoms with Gasteiger partial charge in [-0.1, -0.05) is 12.8 Å². The molecule has 1 radical (unpaired) electrons. The number of nitrogens with zero attached hydrogens (tertiary/aromatic N) is 2. The zero-order valence-corrected chi connectivity index (χ0v) is 16.9. The summed E-state index contributed by atoms with van der Waals surface area (Å²) >= 11 is 0. The second-order valence-corrected chi connectivity index (χ2v) is 5.92. The predicted octanol–water partition coefficient (Wildman–Crippen LogP) is 3.80. The summed E-state index contributed by atoms with van der Waals surface area (Å²) in [5, 5.41) is 12.9. The molecule has 24 heavy (non-hydrogen) atoms. The van der Waals surface area contributed by atoms with E-state index in [9.17, 15) is 9.18 Å². The zero-order valence-electron chi connectivity index (χ0n) is 14.5. The van der Waals surface area contributed by atoms with Gasteiger partial charge in [-0.05, 0) is 27.9 Å². The number of hydrogen-bond acceptors (Lipinski definition) is 3. The van der Waals surface area contributed by atoms with Gasteiger partial charge in [0.25, 0.3) is 0 Å². The number of hydrogen-bond donors (Lipinski definition) is 1. The van der Waals surface area contributed by atoms with Gasteiger partial charge in [-0.25, -0.2) is 0 Å². The SMILES string of the molecule is CC(=O)/C=C(/C)O.CN(C)C1CC[N-]C(c2[c-]cc(F)cc2)C1.[Ir]. The van der Waals surface area contributed by atoms with E-state index < -0.39 is 0 Å². The van der Waals surface area contributed by atoms with Crippen molar-refractivity contribution >= 4 is 5.78 Å². The minimum absolute atomic E-state index is 0. The zero-order chi connectivity index (χ0) is 17.4. The molecule has 0 aromatic heterocycles. The molecule has 1 aromatic carbocycles. The van der Waals surface area contributed by atoms with Gasteiger partial charge >= 0.3 is 0 Å². The number of carbonyl (C=O) groups excluding carboxylic acids is 1. The first-order valence-electron chi connectivity index (χ1n) is 7.67. The molecule has 137 valence electrons. The first-order valence-corrected chi connectivity index (χ1v) is 7.67. The van der Waals surface area contributed by atoms with Gasteiger partial charge in [-0.2, -0.15) is 17.7 Å². The van der Waals surface area contributed by atoms with Crippen molar-refractivity contribution in [3.8, 4) is 0 Å². The van der Waals surface area contributed by atoms with E-state index in [1.165, 1.54) is 32.1 Å². The Bertz CT molecular complexity index is 528. The largest absolute Gasteiger partial charge is 0.657 e. The summed E-state index contributed by atoms with van der Waals surface area (Å²) < 4.78 is 12.8. The second-order valence-electron chi connectivity index (χ2n) is 5.92. The van der Waals surface area contributed by atoms with Crippen molar-refractivity contribution in [1.29, 1.82) is 0 Å². The average molecular weight is 513 g/mol. The summed E-state index contributed by atoms with van der Waals surface area (Å²) in [6, 6.07) is 8.40. The first-order chi connectivity index (χ1) is 10.8. The van der Waals surface area contributed by atoms with Crippen molar-refractivity contribution in [1.82, 2.24) is 4.90 Å². The summed E-state index contributed by atoms with van der Waals surface area (Å²) in [6.45, 7) is 3.74. The summed E-state index contributed by atoms with van der Waals surface area (Å²) in [6.07, 6.45) is 3.29. The first kappa shape index (κ1) is 22.9. The summed E-state index contributed by atoms with van der Waals surface area (Å²) in [5.41, 5.74) is 1.01. The molecule has 2 rings (SSSR count). The maximum atomic E-state index is 12.8. The summed E-state index contributed by atoms with van der Waals surface area (Å²) in [5.74, 6) is -0.295. The fraction of sp³-hybridized carbons (Fsp3) is 0.500. The van der Waals surface area contributed by atoms with Crippen molar-refractivity contribution in [2.75, 3.05) is 20.6 Å². The van der Waals surface area contributed by atoms with Crippen LogP contribution in [0.5, 0.6) is 0 Å². The van der Waals surface area contributed by atoms with E-state index in [4.69, 9.17) is 5.11 Å². The third-order valence-corrected chi connectivity index (χ3v) is 3.61. The van der Waals surface area contributed by atoms with Crippen molar-refractivity contribution in [3.63, 3.8) is 0 Å². The summed E-state index contributed by atoms with van der Waals surface area (Å²) in [4.78, 5) is 12.3. The van der Waals surface area contributed by atoms with Crippen LogP contribution in [0.2, 0.25) is 0 Å². The number of piperidine rings is 1. The van der Waals surface area contributed by atoms with Gasteiger partial charge in [-0.3, -0.25) is 9.18 Å². The van der Waals surface area contributed by atoms with Crippen molar-refractivity contribution < 1.29 is 34.4 Å².